The van der Waals surface area contributed by atoms with E-state index in [1.54, 1.807) is 30.5 Å². The van der Waals surface area contributed by atoms with Gasteiger partial charge >= 0.3 is 6.03 Å². The number of nitrogens with zero attached hydrogens (tertiary/aromatic N) is 2. The zero-order chi connectivity index (χ0) is 27.7. The van der Waals surface area contributed by atoms with Crippen LogP contribution in [0.1, 0.15) is 24.3 Å². The molecule has 3 amide bonds. The lowest BCUT2D eigenvalue weighted by Gasteiger charge is -2.29. The summed E-state index contributed by atoms with van der Waals surface area (Å²) in [5.74, 6) is 0.648. The molecule has 2 aromatic carbocycles. The Labute approximate surface area is 232 Å². The average Bonchev–Trinajstić information content (AvgIpc) is 3.41. The van der Waals surface area contributed by atoms with Crippen LogP contribution in [0.25, 0.3) is 0 Å². The van der Waals surface area contributed by atoms with Gasteiger partial charge in [-0.1, -0.05) is 37.6 Å². The number of urea groups is 1. The van der Waals surface area contributed by atoms with E-state index in [1.807, 2.05) is 49.6 Å². The Hall–Kier alpha value is -3.30. The van der Waals surface area contributed by atoms with Gasteiger partial charge in [-0.15, -0.1) is 11.3 Å². The number of methoxy groups -OCH3 is 2. The number of rotatable bonds is 12. The molecule has 10 heteroatoms. The van der Waals surface area contributed by atoms with E-state index in [2.05, 4.69) is 5.32 Å². The lowest BCUT2D eigenvalue weighted by molar-refractivity contribution is -0.132. The van der Waals surface area contributed by atoms with Gasteiger partial charge in [0.25, 0.3) is 0 Å². The summed E-state index contributed by atoms with van der Waals surface area (Å²) in [6.07, 6.45) is 0.599. The highest BCUT2D eigenvalue weighted by Gasteiger charge is 2.23. The van der Waals surface area contributed by atoms with Gasteiger partial charge < -0.3 is 24.6 Å². The lowest BCUT2D eigenvalue weighted by Crippen LogP contribution is -2.46. The van der Waals surface area contributed by atoms with Crippen LogP contribution in [0.4, 0.5) is 14.9 Å². The van der Waals surface area contributed by atoms with Gasteiger partial charge in [0.1, 0.15) is 12.4 Å². The standard InChI is InChI=1S/C28H33ClFN3O4S/c1-19(2)16-33(28(35)31-21-8-9-24(30)23(29)15-21)18-27(34)32(17-22-6-5-13-38-22)12-11-20-7-10-25(36-3)26(14-20)37-4/h5-10,13-15,19H,11-12,16-18H2,1-4H3,(H,31,35). The molecule has 1 heterocycles. The molecule has 38 heavy (non-hydrogen) atoms. The predicted molar refractivity (Wildman–Crippen MR) is 150 cm³/mol. The fourth-order valence-corrected chi connectivity index (χ4v) is 4.78. The minimum atomic E-state index is -0.572. The van der Waals surface area contributed by atoms with Gasteiger partial charge in [-0.3, -0.25) is 4.79 Å². The third-order valence-corrected chi connectivity index (χ3v) is 6.92. The number of hydrogen-bond donors (Lipinski definition) is 1. The summed E-state index contributed by atoms with van der Waals surface area (Å²) in [4.78, 5) is 31.0. The van der Waals surface area contributed by atoms with Crippen molar-refractivity contribution in [1.29, 1.82) is 0 Å². The van der Waals surface area contributed by atoms with E-state index in [0.29, 0.717) is 43.2 Å². The van der Waals surface area contributed by atoms with Crippen molar-refractivity contribution in [2.45, 2.75) is 26.8 Å². The van der Waals surface area contributed by atoms with E-state index in [0.717, 1.165) is 10.4 Å². The second-order valence-corrected chi connectivity index (χ2v) is 10.6. The molecule has 7 nitrogen and oxygen atoms in total. The minimum Gasteiger partial charge on any atom is -0.493 e. The smallest absolute Gasteiger partial charge is 0.322 e. The van der Waals surface area contributed by atoms with Crippen LogP contribution in [-0.2, 0) is 17.8 Å². The number of ether oxygens (including phenoxy) is 2. The third kappa shape index (κ3) is 8.36. The highest BCUT2D eigenvalue weighted by molar-refractivity contribution is 7.09. The normalized spacial score (nSPS) is 10.8. The molecular formula is C28H33ClFN3O4S. The molecule has 0 saturated heterocycles. The lowest BCUT2D eigenvalue weighted by atomic mass is 10.1. The second kappa shape index (κ2) is 14.0. The largest absolute Gasteiger partial charge is 0.493 e. The summed E-state index contributed by atoms with van der Waals surface area (Å²) < 4.78 is 24.3. The number of benzene rings is 2. The molecule has 3 rings (SSSR count). The quantitative estimate of drug-likeness (QED) is 0.281. The number of amides is 3. The molecule has 0 unspecified atom stereocenters. The van der Waals surface area contributed by atoms with E-state index < -0.39 is 11.8 Å². The van der Waals surface area contributed by atoms with Gasteiger partial charge in [0, 0.05) is 23.7 Å². The molecule has 0 aliphatic heterocycles. The fraction of sp³-hybridized carbons (Fsp3) is 0.357. The Morgan fingerprint density at radius 1 is 1.05 bits per heavy atom. The molecule has 0 aliphatic carbocycles. The molecule has 0 atom stereocenters. The summed E-state index contributed by atoms with van der Waals surface area (Å²) >= 11 is 7.44. The van der Waals surface area contributed by atoms with Crippen molar-refractivity contribution in [1.82, 2.24) is 9.80 Å². The Kier molecular flexibility index (Phi) is 10.8. The topological polar surface area (TPSA) is 71.1 Å². The number of halogens is 2. The molecule has 0 saturated carbocycles. The van der Waals surface area contributed by atoms with Crippen LogP contribution >= 0.6 is 22.9 Å². The van der Waals surface area contributed by atoms with Gasteiger partial charge in [0.15, 0.2) is 11.5 Å². The van der Waals surface area contributed by atoms with Crippen molar-refractivity contribution in [3.05, 3.63) is 75.2 Å². The highest BCUT2D eigenvalue weighted by atomic mass is 35.5. The van der Waals surface area contributed by atoms with Crippen LogP contribution in [-0.4, -0.2) is 55.6 Å². The highest BCUT2D eigenvalue weighted by Crippen LogP contribution is 2.28. The first-order valence-electron chi connectivity index (χ1n) is 12.2. The van der Waals surface area contributed by atoms with E-state index in [9.17, 15) is 14.0 Å². The van der Waals surface area contributed by atoms with Crippen LogP contribution in [0.3, 0.4) is 0 Å². The predicted octanol–water partition coefficient (Wildman–Crippen LogP) is 6.32. The maximum atomic E-state index is 13.6. The summed E-state index contributed by atoms with van der Waals surface area (Å²) in [7, 11) is 3.17. The summed E-state index contributed by atoms with van der Waals surface area (Å²) in [6, 6.07) is 13.1. The summed E-state index contributed by atoms with van der Waals surface area (Å²) in [5, 5.41) is 4.61. The number of anilines is 1. The van der Waals surface area contributed by atoms with E-state index >= 15 is 0 Å². The van der Waals surface area contributed by atoms with Crippen LogP contribution in [0.5, 0.6) is 11.5 Å². The van der Waals surface area contributed by atoms with Gasteiger partial charge in [-0.05, 0) is 59.7 Å². The van der Waals surface area contributed by atoms with E-state index in [1.165, 1.54) is 23.1 Å². The van der Waals surface area contributed by atoms with Crippen LogP contribution in [0.15, 0.2) is 53.9 Å². The van der Waals surface area contributed by atoms with Gasteiger partial charge in [0.05, 0.1) is 25.8 Å². The third-order valence-electron chi connectivity index (χ3n) is 5.77. The van der Waals surface area contributed by atoms with Crippen LogP contribution in [0, 0.1) is 11.7 Å². The van der Waals surface area contributed by atoms with Gasteiger partial charge in [-0.25, -0.2) is 9.18 Å². The molecule has 0 fully saturated rings. The van der Waals surface area contributed by atoms with Crippen molar-refractivity contribution in [3.8, 4) is 11.5 Å². The Bertz CT molecular complexity index is 1220. The fourth-order valence-electron chi connectivity index (χ4n) is 3.88. The average molecular weight is 562 g/mol. The van der Waals surface area contributed by atoms with Crippen LogP contribution in [0.2, 0.25) is 5.02 Å². The molecular weight excluding hydrogens is 529 g/mol. The van der Waals surface area contributed by atoms with Crippen molar-refractivity contribution >= 4 is 40.6 Å². The molecule has 0 aliphatic rings. The Morgan fingerprint density at radius 3 is 2.45 bits per heavy atom. The monoisotopic (exact) mass is 561 g/mol. The Morgan fingerprint density at radius 2 is 1.82 bits per heavy atom. The maximum Gasteiger partial charge on any atom is 0.322 e. The van der Waals surface area contributed by atoms with E-state index in [-0.39, 0.29) is 23.4 Å². The van der Waals surface area contributed by atoms with Crippen LogP contribution < -0.4 is 14.8 Å². The SMILES string of the molecule is COc1ccc(CCN(Cc2cccs2)C(=O)CN(CC(C)C)C(=O)Nc2ccc(F)c(Cl)c2)cc1OC. The zero-order valence-corrected chi connectivity index (χ0v) is 23.6. The molecule has 3 aromatic rings. The number of carbonyl (C=O) groups is 2. The molecule has 0 radical (unpaired) electrons. The first-order valence-corrected chi connectivity index (χ1v) is 13.5. The molecule has 0 spiro atoms. The summed E-state index contributed by atoms with van der Waals surface area (Å²) in [5.41, 5.74) is 1.35. The van der Waals surface area contributed by atoms with Crippen molar-refractivity contribution in [3.63, 3.8) is 0 Å². The van der Waals surface area contributed by atoms with Crippen molar-refractivity contribution in [2.75, 3.05) is 39.2 Å². The Balaban J connectivity index is 1.75. The molecule has 204 valence electrons. The molecule has 1 N–H and O–H groups in total. The number of hydrogen-bond acceptors (Lipinski definition) is 5. The molecule has 0 bridgehead atoms. The first kappa shape index (κ1) is 29.3. The second-order valence-electron chi connectivity index (χ2n) is 9.17. The number of carbonyl (C=O) groups excluding carboxylic acids is 2. The van der Waals surface area contributed by atoms with Gasteiger partial charge in [0.2, 0.25) is 5.91 Å². The zero-order valence-electron chi connectivity index (χ0n) is 22.0. The molecule has 1 aromatic heterocycles. The minimum absolute atomic E-state index is 0.0911. The number of thiophene rings is 1. The summed E-state index contributed by atoms with van der Waals surface area (Å²) in [6.45, 7) is 5.11. The van der Waals surface area contributed by atoms with Gasteiger partial charge in [-0.2, -0.15) is 0 Å². The van der Waals surface area contributed by atoms with E-state index in [4.69, 9.17) is 21.1 Å². The maximum absolute atomic E-state index is 13.6. The number of nitrogens with one attached hydrogen (secondary N) is 1. The van der Waals surface area contributed by atoms with Crippen molar-refractivity contribution < 1.29 is 23.5 Å². The van der Waals surface area contributed by atoms with Crippen molar-refractivity contribution in [2.24, 2.45) is 5.92 Å². The first-order chi connectivity index (χ1) is 18.2.